The van der Waals surface area contributed by atoms with Gasteiger partial charge in [-0.15, -0.1) is 0 Å². The summed E-state index contributed by atoms with van der Waals surface area (Å²) in [4.78, 5) is 0. The topological polar surface area (TPSA) is 60.7 Å². The lowest BCUT2D eigenvalue weighted by atomic mass is 10.0. The maximum Gasteiger partial charge on any atom is 0.128 e. The van der Waals surface area contributed by atoms with Crippen molar-refractivity contribution in [1.29, 1.82) is 10.5 Å². The minimum absolute atomic E-state index is 0.474. The predicted molar refractivity (Wildman–Crippen MR) is 68.1 cm³/mol. The zero-order valence-corrected chi connectivity index (χ0v) is 9.84. The van der Waals surface area contributed by atoms with Gasteiger partial charge in [0.1, 0.15) is 11.5 Å². The molecule has 86 valence electrons. The lowest BCUT2D eigenvalue weighted by Gasteiger charge is -1.98. The monoisotopic (exact) mass is 234 g/mol. The Kier molecular flexibility index (Phi) is 3.27. The number of nitrogens with zero attached hydrogens (tertiary/aromatic N) is 2. The first-order valence-corrected chi connectivity index (χ1v) is 5.41. The summed E-state index contributed by atoms with van der Waals surface area (Å²) in [5.74, 6) is 1.43. The minimum Gasteiger partial charge on any atom is -0.462 e. The number of furan rings is 1. The van der Waals surface area contributed by atoms with Crippen molar-refractivity contribution in [3.63, 3.8) is 0 Å². The third-order valence-corrected chi connectivity index (χ3v) is 2.47. The van der Waals surface area contributed by atoms with Crippen molar-refractivity contribution in [2.45, 2.75) is 6.92 Å². The zero-order valence-electron chi connectivity index (χ0n) is 9.84. The maximum atomic E-state index is 9.17. The van der Waals surface area contributed by atoms with Gasteiger partial charge < -0.3 is 4.42 Å². The molecule has 3 nitrogen and oxygen atoms in total. The lowest BCUT2D eigenvalue weighted by molar-refractivity contribution is 0.525. The van der Waals surface area contributed by atoms with Crippen molar-refractivity contribution < 1.29 is 4.42 Å². The molecule has 0 fully saturated rings. The molecule has 3 heteroatoms. The Hall–Kier alpha value is -2.78. The van der Waals surface area contributed by atoms with Crippen LogP contribution in [0.1, 0.15) is 22.6 Å². The number of benzene rings is 1. The summed E-state index contributed by atoms with van der Waals surface area (Å²) >= 11 is 0. The number of allylic oxidation sites excluding steroid dienone is 1. The third-order valence-electron chi connectivity index (χ3n) is 2.47. The standard InChI is InChI=1S/C15H10N2O/c1-11-5-6-15(18-11)8-14(10-17)13-4-2-3-12(7-13)9-16/h2-8H,1H3/b14-8-. The van der Waals surface area contributed by atoms with Gasteiger partial charge in [-0.25, -0.2) is 0 Å². The fourth-order valence-electron chi connectivity index (χ4n) is 1.61. The molecule has 2 rings (SSSR count). The lowest BCUT2D eigenvalue weighted by Crippen LogP contribution is -1.83. The number of rotatable bonds is 2. The van der Waals surface area contributed by atoms with Gasteiger partial charge in [0.25, 0.3) is 0 Å². The molecule has 0 aliphatic heterocycles. The minimum atomic E-state index is 0.474. The largest absolute Gasteiger partial charge is 0.462 e. The molecule has 0 saturated heterocycles. The summed E-state index contributed by atoms with van der Waals surface area (Å²) in [6, 6.07) is 14.8. The van der Waals surface area contributed by atoms with Gasteiger partial charge in [0.2, 0.25) is 0 Å². The molecule has 1 aromatic heterocycles. The second-order valence-electron chi connectivity index (χ2n) is 3.81. The van der Waals surface area contributed by atoms with Crippen molar-refractivity contribution in [3.05, 3.63) is 59.0 Å². The van der Waals surface area contributed by atoms with Crippen LogP contribution in [0.15, 0.2) is 40.8 Å². The van der Waals surface area contributed by atoms with E-state index in [1.54, 1.807) is 36.4 Å². The van der Waals surface area contributed by atoms with Gasteiger partial charge in [-0.3, -0.25) is 0 Å². The molecule has 0 radical (unpaired) electrons. The van der Waals surface area contributed by atoms with Crippen LogP contribution in [0.2, 0.25) is 0 Å². The molecule has 2 aromatic rings. The van der Waals surface area contributed by atoms with E-state index >= 15 is 0 Å². The van der Waals surface area contributed by atoms with E-state index in [2.05, 4.69) is 12.1 Å². The van der Waals surface area contributed by atoms with Crippen molar-refractivity contribution in [3.8, 4) is 12.1 Å². The van der Waals surface area contributed by atoms with E-state index in [-0.39, 0.29) is 0 Å². The Balaban J connectivity index is 2.43. The maximum absolute atomic E-state index is 9.17. The molecule has 0 spiro atoms. The van der Waals surface area contributed by atoms with Crippen molar-refractivity contribution in [2.75, 3.05) is 0 Å². The molecule has 0 aliphatic carbocycles. The highest BCUT2D eigenvalue weighted by Crippen LogP contribution is 2.19. The van der Waals surface area contributed by atoms with Gasteiger partial charge in [-0.1, -0.05) is 12.1 Å². The van der Waals surface area contributed by atoms with Gasteiger partial charge in [0.05, 0.1) is 23.3 Å². The van der Waals surface area contributed by atoms with Gasteiger partial charge in [-0.05, 0) is 42.8 Å². The summed E-state index contributed by atoms with van der Waals surface area (Å²) in [6.07, 6.45) is 1.67. The van der Waals surface area contributed by atoms with Crippen LogP contribution in [0.3, 0.4) is 0 Å². The Bertz CT molecular complexity index is 681. The number of hydrogen-bond acceptors (Lipinski definition) is 3. The molecule has 1 aromatic carbocycles. The van der Waals surface area contributed by atoms with Gasteiger partial charge in [-0.2, -0.15) is 10.5 Å². The molecule has 0 atom stereocenters. The highest BCUT2D eigenvalue weighted by molar-refractivity contribution is 5.88. The first-order chi connectivity index (χ1) is 8.72. The number of hydrogen-bond donors (Lipinski definition) is 0. The van der Waals surface area contributed by atoms with Crippen LogP contribution in [-0.4, -0.2) is 0 Å². The molecule has 0 saturated carbocycles. The van der Waals surface area contributed by atoms with Crippen LogP contribution >= 0.6 is 0 Å². The molecule has 0 N–H and O–H groups in total. The Morgan fingerprint density at radius 1 is 1.22 bits per heavy atom. The average molecular weight is 234 g/mol. The second kappa shape index (κ2) is 5.03. The molecular weight excluding hydrogens is 224 g/mol. The smallest absolute Gasteiger partial charge is 0.128 e. The van der Waals surface area contributed by atoms with E-state index in [1.165, 1.54) is 0 Å². The van der Waals surface area contributed by atoms with E-state index in [0.29, 0.717) is 22.5 Å². The fraction of sp³-hybridized carbons (Fsp3) is 0.0667. The zero-order chi connectivity index (χ0) is 13.0. The van der Waals surface area contributed by atoms with Crippen LogP contribution in [0.25, 0.3) is 11.6 Å². The van der Waals surface area contributed by atoms with E-state index < -0.39 is 0 Å². The molecule has 0 unspecified atom stereocenters. The molecule has 0 bridgehead atoms. The molecule has 18 heavy (non-hydrogen) atoms. The summed E-state index contributed by atoms with van der Waals surface area (Å²) < 4.78 is 5.40. The van der Waals surface area contributed by atoms with Gasteiger partial charge in [0.15, 0.2) is 0 Å². The molecule has 1 heterocycles. The first kappa shape index (κ1) is 11.7. The number of aryl methyl sites for hydroxylation is 1. The highest BCUT2D eigenvalue weighted by Gasteiger charge is 2.04. The summed E-state index contributed by atoms with van der Waals surface area (Å²) in [5, 5.41) is 18.0. The van der Waals surface area contributed by atoms with E-state index in [0.717, 1.165) is 5.76 Å². The van der Waals surface area contributed by atoms with Crippen LogP contribution in [0, 0.1) is 29.6 Å². The molecule has 0 aliphatic rings. The summed E-state index contributed by atoms with van der Waals surface area (Å²) in [5.41, 5.74) is 1.72. The fourth-order valence-corrected chi connectivity index (χ4v) is 1.61. The van der Waals surface area contributed by atoms with E-state index in [1.807, 2.05) is 13.0 Å². The van der Waals surface area contributed by atoms with E-state index in [4.69, 9.17) is 14.9 Å². The number of nitriles is 2. The van der Waals surface area contributed by atoms with Crippen molar-refractivity contribution in [1.82, 2.24) is 0 Å². The van der Waals surface area contributed by atoms with Crippen LogP contribution in [0.5, 0.6) is 0 Å². The normalized spacial score (nSPS) is 10.7. The van der Waals surface area contributed by atoms with Crippen LogP contribution < -0.4 is 0 Å². The third kappa shape index (κ3) is 2.48. The van der Waals surface area contributed by atoms with Gasteiger partial charge >= 0.3 is 0 Å². The molecular formula is C15H10N2O. The van der Waals surface area contributed by atoms with Crippen molar-refractivity contribution in [2.24, 2.45) is 0 Å². The SMILES string of the molecule is Cc1ccc(/C=C(/C#N)c2cccc(C#N)c2)o1. The summed E-state index contributed by atoms with van der Waals surface area (Å²) in [7, 11) is 0. The Labute approximate surface area is 105 Å². The Morgan fingerprint density at radius 3 is 2.67 bits per heavy atom. The first-order valence-electron chi connectivity index (χ1n) is 5.41. The van der Waals surface area contributed by atoms with E-state index in [9.17, 15) is 0 Å². The predicted octanol–water partition coefficient (Wildman–Crippen LogP) is 3.52. The second-order valence-corrected chi connectivity index (χ2v) is 3.81. The van der Waals surface area contributed by atoms with Crippen LogP contribution in [0.4, 0.5) is 0 Å². The highest BCUT2D eigenvalue weighted by atomic mass is 16.3. The van der Waals surface area contributed by atoms with Gasteiger partial charge in [0, 0.05) is 0 Å². The van der Waals surface area contributed by atoms with Crippen LogP contribution in [-0.2, 0) is 0 Å². The quantitative estimate of drug-likeness (QED) is 0.747. The molecule has 0 amide bonds. The Morgan fingerprint density at radius 2 is 2.06 bits per heavy atom. The summed E-state index contributed by atoms with van der Waals surface area (Å²) in [6.45, 7) is 1.85. The van der Waals surface area contributed by atoms with Crippen molar-refractivity contribution >= 4 is 11.6 Å². The average Bonchev–Trinajstić information content (AvgIpc) is 2.81.